The lowest BCUT2D eigenvalue weighted by Gasteiger charge is -2.12. The van der Waals surface area contributed by atoms with Crippen LogP contribution in [0.1, 0.15) is 11.1 Å². The molecule has 2 heterocycles. The largest absolute Gasteiger partial charge is 0.299 e. The Labute approximate surface area is 162 Å². The van der Waals surface area contributed by atoms with Gasteiger partial charge in [0.05, 0.1) is 16.7 Å². The maximum Gasteiger partial charge on any atom is 0.163 e. The first-order chi connectivity index (χ1) is 13.7. The molecule has 0 spiro atoms. The highest BCUT2D eigenvalue weighted by Crippen LogP contribution is 2.27. The van der Waals surface area contributed by atoms with Crippen molar-refractivity contribution in [3.05, 3.63) is 90.5 Å². The zero-order valence-corrected chi connectivity index (χ0v) is 15.7. The van der Waals surface area contributed by atoms with Crippen molar-refractivity contribution in [3.8, 4) is 22.8 Å². The van der Waals surface area contributed by atoms with Crippen LogP contribution in [-0.2, 0) is 0 Å². The maximum atomic E-state index is 4.61. The van der Waals surface area contributed by atoms with Crippen LogP contribution in [0.25, 0.3) is 33.8 Å². The molecule has 0 amide bonds. The Bertz CT molecular complexity index is 1260. The quantitative estimate of drug-likeness (QED) is 0.457. The average molecular weight is 365 g/mol. The molecule has 0 bridgehead atoms. The zero-order valence-electron chi connectivity index (χ0n) is 15.7. The van der Waals surface area contributed by atoms with E-state index in [9.17, 15) is 0 Å². The molecule has 0 radical (unpaired) electrons. The van der Waals surface area contributed by atoms with Gasteiger partial charge in [-0.3, -0.25) is 4.57 Å². The molecule has 0 unspecified atom stereocenters. The summed E-state index contributed by atoms with van der Waals surface area (Å²) < 4.78 is 4.01. The number of aromatic nitrogens is 5. The van der Waals surface area contributed by atoms with Gasteiger partial charge in [-0.2, -0.15) is 5.10 Å². The lowest BCUT2D eigenvalue weighted by Crippen LogP contribution is -2.04. The van der Waals surface area contributed by atoms with Crippen LogP contribution in [0.4, 0.5) is 0 Å². The Morgan fingerprint density at radius 1 is 0.786 bits per heavy atom. The van der Waals surface area contributed by atoms with Crippen molar-refractivity contribution >= 4 is 11.0 Å². The van der Waals surface area contributed by atoms with Gasteiger partial charge in [-0.1, -0.05) is 36.4 Å². The van der Waals surface area contributed by atoms with Crippen LogP contribution in [0.5, 0.6) is 0 Å². The van der Waals surface area contributed by atoms with E-state index in [1.54, 1.807) is 6.33 Å². The predicted molar refractivity (Wildman–Crippen MR) is 111 cm³/mol. The fraction of sp³-hybridized carbons (Fsp3) is 0.0870. The topological polar surface area (TPSA) is 48.5 Å². The number of nitrogens with zero attached hydrogens (tertiary/aromatic N) is 5. The van der Waals surface area contributed by atoms with Gasteiger partial charge >= 0.3 is 0 Å². The number of imidazole rings is 1. The summed E-state index contributed by atoms with van der Waals surface area (Å²) in [6, 6.07) is 22.7. The zero-order chi connectivity index (χ0) is 19.1. The van der Waals surface area contributed by atoms with Crippen LogP contribution in [-0.4, -0.2) is 24.3 Å². The van der Waals surface area contributed by atoms with E-state index in [1.807, 2.05) is 29.2 Å². The Balaban J connectivity index is 1.64. The molecular weight excluding hydrogens is 346 g/mol. The minimum atomic E-state index is 0.813. The summed E-state index contributed by atoms with van der Waals surface area (Å²) in [4.78, 5) is 9.14. The van der Waals surface area contributed by atoms with E-state index in [0.717, 1.165) is 33.8 Å². The molecule has 28 heavy (non-hydrogen) atoms. The second-order valence-corrected chi connectivity index (χ2v) is 6.89. The number of hydrogen-bond acceptors (Lipinski definition) is 3. The van der Waals surface area contributed by atoms with E-state index >= 15 is 0 Å². The predicted octanol–water partition coefficient (Wildman–Crippen LogP) is 4.89. The minimum Gasteiger partial charge on any atom is -0.299 e. The molecule has 0 aliphatic heterocycles. The molecular formula is C23H19N5. The molecule has 0 atom stereocenters. The van der Waals surface area contributed by atoms with E-state index in [1.165, 1.54) is 11.1 Å². The summed E-state index contributed by atoms with van der Waals surface area (Å²) in [6.07, 6.45) is 3.47. The fourth-order valence-electron chi connectivity index (χ4n) is 3.69. The molecule has 2 aromatic heterocycles. The minimum absolute atomic E-state index is 0.813. The standard InChI is InChI=1S/C23H19N5/c1-16-7-6-8-17(2)22(16)28-23(24-14-26-28)18-11-12-21-20(13-18)25-15-27(21)19-9-4-3-5-10-19/h3-15H,1-2H3. The van der Waals surface area contributed by atoms with Gasteiger partial charge in [0.1, 0.15) is 12.7 Å². The molecule has 0 saturated carbocycles. The van der Waals surface area contributed by atoms with Crippen molar-refractivity contribution in [1.82, 2.24) is 24.3 Å². The van der Waals surface area contributed by atoms with Crippen LogP contribution in [0, 0.1) is 13.8 Å². The third-order valence-corrected chi connectivity index (χ3v) is 5.04. The van der Waals surface area contributed by atoms with Crippen LogP contribution in [0.3, 0.4) is 0 Å². The summed E-state index contributed by atoms with van der Waals surface area (Å²) in [7, 11) is 0. The van der Waals surface area contributed by atoms with Gasteiger partial charge in [0.25, 0.3) is 0 Å². The summed E-state index contributed by atoms with van der Waals surface area (Å²) >= 11 is 0. The first-order valence-corrected chi connectivity index (χ1v) is 9.22. The van der Waals surface area contributed by atoms with Crippen molar-refractivity contribution in [3.63, 3.8) is 0 Å². The van der Waals surface area contributed by atoms with Crippen LogP contribution >= 0.6 is 0 Å². The molecule has 5 aromatic rings. The van der Waals surface area contributed by atoms with Crippen LogP contribution in [0.15, 0.2) is 79.4 Å². The average Bonchev–Trinajstić information content (AvgIpc) is 3.35. The van der Waals surface area contributed by atoms with Crippen LogP contribution in [0.2, 0.25) is 0 Å². The Morgan fingerprint density at radius 3 is 2.36 bits per heavy atom. The summed E-state index contributed by atoms with van der Waals surface area (Å²) in [5.41, 5.74) is 7.49. The highest BCUT2D eigenvalue weighted by Gasteiger charge is 2.14. The smallest absolute Gasteiger partial charge is 0.163 e. The van der Waals surface area contributed by atoms with E-state index in [0.29, 0.717) is 0 Å². The lowest BCUT2D eigenvalue weighted by molar-refractivity contribution is 0.871. The van der Waals surface area contributed by atoms with Gasteiger partial charge in [-0.05, 0) is 55.3 Å². The number of fused-ring (bicyclic) bond motifs is 1. The highest BCUT2D eigenvalue weighted by molar-refractivity contribution is 5.82. The van der Waals surface area contributed by atoms with Crippen molar-refractivity contribution in [2.75, 3.05) is 0 Å². The molecule has 0 aliphatic rings. The van der Waals surface area contributed by atoms with E-state index < -0.39 is 0 Å². The van der Waals surface area contributed by atoms with E-state index in [2.05, 4.69) is 82.0 Å². The van der Waals surface area contributed by atoms with Gasteiger partial charge in [-0.25, -0.2) is 14.6 Å². The Kier molecular flexibility index (Phi) is 3.79. The summed E-state index contributed by atoms with van der Waals surface area (Å²) in [5, 5.41) is 4.50. The second-order valence-electron chi connectivity index (χ2n) is 6.89. The number of para-hydroxylation sites is 2. The first kappa shape index (κ1) is 16.4. The Morgan fingerprint density at radius 2 is 1.57 bits per heavy atom. The highest BCUT2D eigenvalue weighted by atomic mass is 15.3. The number of benzene rings is 3. The monoisotopic (exact) mass is 365 g/mol. The first-order valence-electron chi connectivity index (χ1n) is 9.22. The number of rotatable bonds is 3. The van der Waals surface area contributed by atoms with Crippen molar-refractivity contribution < 1.29 is 0 Å². The number of hydrogen-bond donors (Lipinski definition) is 0. The Hall–Kier alpha value is -3.73. The van der Waals surface area contributed by atoms with Crippen molar-refractivity contribution in [2.24, 2.45) is 0 Å². The molecule has 0 saturated heterocycles. The molecule has 3 aromatic carbocycles. The second kappa shape index (κ2) is 6.46. The van der Waals surface area contributed by atoms with Crippen molar-refractivity contribution in [1.29, 1.82) is 0 Å². The van der Waals surface area contributed by atoms with E-state index in [-0.39, 0.29) is 0 Å². The van der Waals surface area contributed by atoms with Gasteiger partial charge in [0.2, 0.25) is 0 Å². The number of aryl methyl sites for hydroxylation is 2. The van der Waals surface area contributed by atoms with Crippen LogP contribution < -0.4 is 0 Å². The lowest BCUT2D eigenvalue weighted by atomic mass is 10.1. The maximum absolute atomic E-state index is 4.61. The molecule has 136 valence electrons. The summed E-state index contributed by atoms with van der Waals surface area (Å²) in [6.45, 7) is 4.19. The van der Waals surface area contributed by atoms with Gasteiger partial charge in [0.15, 0.2) is 5.82 Å². The molecule has 0 fully saturated rings. The molecule has 5 rings (SSSR count). The third-order valence-electron chi connectivity index (χ3n) is 5.04. The molecule has 0 aliphatic carbocycles. The van der Waals surface area contributed by atoms with Gasteiger partial charge in [-0.15, -0.1) is 0 Å². The van der Waals surface area contributed by atoms with E-state index in [4.69, 9.17) is 0 Å². The molecule has 5 nitrogen and oxygen atoms in total. The van der Waals surface area contributed by atoms with Gasteiger partial charge < -0.3 is 0 Å². The molecule has 0 N–H and O–H groups in total. The van der Waals surface area contributed by atoms with Crippen molar-refractivity contribution in [2.45, 2.75) is 13.8 Å². The third kappa shape index (κ3) is 2.60. The molecule has 5 heteroatoms. The fourth-order valence-corrected chi connectivity index (χ4v) is 3.69. The summed E-state index contributed by atoms with van der Waals surface area (Å²) in [5.74, 6) is 0.813. The normalized spacial score (nSPS) is 11.2. The van der Waals surface area contributed by atoms with Gasteiger partial charge in [0, 0.05) is 11.3 Å². The SMILES string of the molecule is Cc1cccc(C)c1-n1ncnc1-c1ccc2c(c1)ncn2-c1ccccc1.